The van der Waals surface area contributed by atoms with Gasteiger partial charge in [0.25, 0.3) is 0 Å². The predicted octanol–water partition coefficient (Wildman–Crippen LogP) is 1.18. The van der Waals surface area contributed by atoms with Crippen LogP contribution in [0, 0.1) is 16.7 Å². The number of azo groups is 1. The third kappa shape index (κ3) is 4.52. The zero-order chi connectivity index (χ0) is 18.1. The van der Waals surface area contributed by atoms with Gasteiger partial charge in [0.1, 0.15) is 11.1 Å². The Kier molecular flexibility index (Phi) is 5.57. The first-order chi connectivity index (χ1) is 9.46. The van der Waals surface area contributed by atoms with Gasteiger partial charge >= 0.3 is 0 Å². The van der Waals surface area contributed by atoms with Gasteiger partial charge < -0.3 is 19.8 Å². The van der Waals surface area contributed by atoms with Crippen molar-refractivity contribution in [1.29, 1.82) is 0 Å². The van der Waals surface area contributed by atoms with E-state index in [9.17, 15) is 19.8 Å². The summed E-state index contributed by atoms with van der Waals surface area (Å²) in [5, 5.41) is 30.5. The summed E-state index contributed by atoms with van der Waals surface area (Å²) >= 11 is 0. The molecule has 0 aliphatic rings. The lowest BCUT2D eigenvalue weighted by Crippen LogP contribution is -2.57. The molecule has 1 atom stereocenters. The summed E-state index contributed by atoms with van der Waals surface area (Å²) < 4.78 is 0. The normalized spacial score (nSPS) is 16.8. The van der Waals surface area contributed by atoms with Crippen LogP contribution < -0.4 is 10.2 Å². The van der Waals surface area contributed by atoms with Crippen LogP contribution >= 0.6 is 0 Å². The number of carbonyl (C=O) groups is 2. The summed E-state index contributed by atoms with van der Waals surface area (Å²) in [6.45, 7) is 15.6. The van der Waals surface area contributed by atoms with E-state index in [-0.39, 0.29) is 0 Å². The number of rotatable bonds is 5. The van der Waals surface area contributed by atoms with Crippen LogP contribution in [0.4, 0.5) is 0 Å². The number of hydrogen-bond donors (Lipinski definition) is 0. The van der Waals surface area contributed by atoms with Crippen LogP contribution in [0.15, 0.2) is 10.2 Å². The SMILES string of the molecule is CC(C)(N=NC(C)(C(=O)[O-])C(C(C)(C)C)C(C)(C)C)C(=O)[O-]. The van der Waals surface area contributed by atoms with Crippen molar-refractivity contribution in [2.24, 2.45) is 27.0 Å². The molecule has 0 bridgehead atoms. The van der Waals surface area contributed by atoms with E-state index in [1.54, 1.807) is 0 Å². The molecule has 22 heavy (non-hydrogen) atoms. The van der Waals surface area contributed by atoms with Gasteiger partial charge in [-0.15, -0.1) is 0 Å². The zero-order valence-electron chi connectivity index (χ0n) is 15.1. The highest BCUT2D eigenvalue weighted by atomic mass is 16.4. The van der Waals surface area contributed by atoms with Gasteiger partial charge in [-0.05, 0) is 31.6 Å². The van der Waals surface area contributed by atoms with Gasteiger partial charge in [0.05, 0.1) is 11.9 Å². The second-order valence-electron chi connectivity index (χ2n) is 8.65. The van der Waals surface area contributed by atoms with E-state index in [1.807, 2.05) is 41.5 Å². The highest BCUT2D eigenvalue weighted by Gasteiger charge is 2.49. The molecule has 0 spiro atoms. The molecule has 128 valence electrons. The van der Waals surface area contributed by atoms with E-state index >= 15 is 0 Å². The minimum absolute atomic E-state index is 0.405. The maximum absolute atomic E-state index is 11.8. The van der Waals surface area contributed by atoms with Gasteiger partial charge in [-0.1, -0.05) is 41.5 Å². The van der Waals surface area contributed by atoms with Crippen molar-refractivity contribution < 1.29 is 19.8 Å². The molecule has 0 N–H and O–H groups in total. The summed E-state index contributed by atoms with van der Waals surface area (Å²) in [6, 6.07) is 0. The molecule has 0 heterocycles. The molecule has 0 aliphatic carbocycles. The van der Waals surface area contributed by atoms with Crippen LogP contribution in [0.1, 0.15) is 62.3 Å². The maximum atomic E-state index is 11.8. The smallest absolute Gasteiger partial charge is 0.122 e. The Morgan fingerprint density at radius 2 is 1.09 bits per heavy atom. The fraction of sp³-hybridized carbons (Fsp3) is 0.875. The highest BCUT2D eigenvalue weighted by Crippen LogP contribution is 2.48. The van der Waals surface area contributed by atoms with Crippen molar-refractivity contribution in [3.05, 3.63) is 0 Å². The summed E-state index contributed by atoms with van der Waals surface area (Å²) in [5.74, 6) is -3.22. The van der Waals surface area contributed by atoms with Gasteiger partial charge in [-0.3, -0.25) is 0 Å². The van der Waals surface area contributed by atoms with Crippen LogP contribution in [0.25, 0.3) is 0 Å². The second-order valence-corrected chi connectivity index (χ2v) is 8.65. The third-order valence-electron chi connectivity index (χ3n) is 3.71. The second kappa shape index (κ2) is 5.97. The Balaban J connectivity index is 6.13. The van der Waals surface area contributed by atoms with Crippen molar-refractivity contribution >= 4 is 11.9 Å². The van der Waals surface area contributed by atoms with Crippen molar-refractivity contribution in [3.8, 4) is 0 Å². The first-order valence-electron chi connectivity index (χ1n) is 7.33. The topological polar surface area (TPSA) is 105 Å². The molecule has 0 saturated heterocycles. The molecule has 6 nitrogen and oxygen atoms in total. The number of carboxylic acid groups (broad SMARTS) is 2. The van der Waals surface area contributed by atoms with E-state index in [2.05, 4.69) is 10.2 Å². The highest BCUT2D eigenvalue weighted by molar-refractivity contribution is 5.78. The summed E-state index contributed by atoms with van der Waals surface area (Å²) in [7, 11) is 0. The van der Waals surface area contributed by atoms with Crippen LogP contribution in [-0.4, -0.2) is 23.0 Å². The molecule has 0 radical (unpaired) electrons. The number of carbonyl (C=O) groups excluding carboxylic acids is 2. The van der Waals surface area contributed by atoms with E-state index in [4.69, 9.17) is 0 Å². The number of carboxylic acids is 2. The quantitative estimate of drug-likeness (QED) is 0.711. The molecule has 0 saturated carbocycles. The molecular weight excluding hydrogens is 284 g/mol. The van der Waals surface area contributed by atoms with Crippen LogP contribution in [0.3, 0.4) is 0 Å². The molecule has 0 aromatic rings. The average molecular weight is 312 g/mol. The van der Waals surface area contributed by atoms with Crippen molar-refractivity contribution in [2.75, 3.05) is 0 Å². The number of nitrogens with zero attached hydrogens (tertiary/aromatic N) is 2. The maximum Gasteiger partial charge on any atom is 0.122 e. The Hall–Kier alpha value is -1.46. The van der Waals surface area contributed by atoms with E-state index in [0.29, 0.717) is 0 Å². The zero-order valence-corrected chi connectivity index (χ0v) is 15.1. The first kappa shape index (κ1) is 20.5. The molecular formula is C16H28N2O4-2. The van der Waals surface area contributed by atoms with Gasteiger partial charge in [0.15, 0.2) is 0 Å². The Bertz CT molecular complexity index is 456. The molecule has 0 aromatic heterocycles. The summed E-state index contributed by atoms with van der Waals surface area (Å²) in [4.78, 5) is 22.9. The first-order valence-corrected chi connectivity index (χ1v) is 7.33. The number of aliphatic carboxylic acids is 2. The fourth-order valence-corrected chi connectivity index (χ4v) is 3.47. The fourth-order valence-electron chi connectivity index (χ4n) is 3.47. The van der Waals surface area contributed by atoms with Gasteiger partial charge in [-0.2, -0.15) is 10.2 Å². The van der Waals surface area contributed by atoms with Gasteiger partial charge in [0.2, 0.25) is 0 Å². The predicted molar refractivity (Wildman–Crippen MR) is 79.8 cm³/mol. The summed E-state index contributed by atoms with van der Waals surface area (Å²) in [5.41, 5.74) is -4.06. The summed E-state index contributed by atoms with van der Waals surface area (Å²) in [6.07, 6.45) is 0. The van der Waals surface area contributed by atoms with Gasteiger partial charge in [-0.25, -0.2) is 0 Å². The molecule has 0 aliphatic heterocycles. The molecule has 0 aromatic carbocycles. The average Bonchev–Trinajstić information content (AvgIpc) is 2.21. The largest absolute Gasteiger partial charge is 0.547 e. The Labute approximate surface area is 133 Å². The van der Waals surface area contributed by atoms with Crippen LogP contribution in [0.5, 0.6) is 0 Å². The molecule has 0 amide bonds. The van der Waals surface area contributed by atoms with Crippen molar-refractivity contribution in [3.63, 3.8) is 0 Å². The lowest BCUT2D eigenvalue weighted by molar-refractivity contribution is -0.318. The Morgan fingerprint density at radius 1 is 0.727 bits per heavy atom. The minimum atomic E-state index is -1.65. The van der Waals surface area contributed by atoms with Crippen molar-refractivity contribution in [2.45, 2.75) is 73.4 Å². The minimum Gasteiger partial charge on any atom is -0.547 e. The van der Waals surface area contributed by atoms with E-state index < -0.39 is 39.8 Å². The third-order valence-corrected chi connectivity index (χ3v) is 3.71. The molecule has 6 heteroatoms. The van der Waals surface area contributed by atoms with E-state index in [0.717, 1.165) is 0 Å². The van der Waals surface area contributed by atoms with Crippen LogP contribution in [0.2, 0.25) is 0 Å². The molecule has 0 fully saturated rings. The standard InChI is InChI=1S/C16H30N2O4/c1-13(2,3)10(14(4,5)6)16(9,12(21)22)18-17-15(7,8)11(19)20/h10H,1-9H3,(H,19,20)(H,21,22)/p-2. The number of hydrogen-bond acceptors (Lipinski definition) is 6. The molecule has 1 unspecified atom stereocenters. The van der Waals surface area contributed by atoms with Crippen LogP contribution in [-0.2, 0) is 9.59 Å². The Morgan fingerprint density at radius 3 is 1.32 bits per heavy atom. The molecule has 0 rings (SSSR count). The van der Waals surface area contributed by atoms with Gasteiger partial charge in [0, 0.05) is 5.92 Å². The monoisotopic (exact) mass is 312 g/mol. The lowest BCUT2D eigenvalue weighted by atomic mass is 9.58. The van der Waals surface area contributed by atoms with E-state index in [1.165, 1.54) is 20.8 Å². The lowest BCUT2D eigenvalue weighted by Gasteiger charge is -2.49. The van der Waals surface area contributed by atoms with Crippen molar-refractivity contribution in [1.82, 2.24) is 0 Å².